The van der Waals surface area contributed by atoms with Crippen LogP contribution in [0.1, 0.15) is 36.9 Å². The summed E-state index contributed by atoms with van der Waals surface area (Å²) in [5, 5.41) is 4.65. The summed E-state index contributed by atoms with van der Waals surface area (Å²) in [6.45, 7) is 9.35. The van der Waals surface area contributed by atoms with Crippen LogP contribution in [0.3, 0.4) is 0 Å². The fourth-order valence-corrected chi connectivity index (χ4v) is 5.01. The summed E-state index contributed by atoms with van der Waals surface area (Å²) >= 11 is 1.79. The maximum Gasteiger partial charge on any atom is 0.161 e. The Morgan fingerprint density at radius 3 is 2.69 bits per heavy atom. The number of para-hydroxylation sites is 1. The van der Waals surface area contributed by atoms with E-state index < -0.39 is 0 Å². The Bertz CT molecular complexity index is 902. The zero-order valence-corrected chi connectivity index (χ0v) is 18.0. The van der Waals surface area contributed by atoms with Crippen molar-refractivity contribution in [1.82, 2.24) is 15.2 Å². The third-order valence-corrected chi connectivity index (χ3v) is 6.26. The first-order valence-electron chi connectivity index (χ1n) is 10.5. The molecule has 3 aromatic rings. The maximum absolute atomic E-state index is 5.91. The third-order valence-electron chi connectivity index (χ3n) is 5.17. The van der Waals surface area contributed by atoms with Crippen LogP contribution < -0.4 is 14.8 Å². The van der Waals surface area contributed by atoms with Gasteiger partial charge in [0.15, 0.2) is 11.5 Å². The lowest BCUT2D eigenvalue weighted by Gasteiger charge is -2.29. The highest BCUT2D eigenvalue weighted by molar-refractivity contribution is 7.18. The summed E-state index contributed by atoms with van der Waals surface area (Å²) < 4.78 is 12.9. The molecular weight excluding hydrogens is 382 g/mol. The van der Waals surface area contributed by atoms with Gasteiger partial charge in [0.25, 0.3) is 0 Å². The highest BCUT2D eigenvalue weighted by atomic mass is 32.1. The molecule has 1 aromatic heterocycles. The van der Waals surface area contributed by atoms with Crippen LogP contribution in [0.2, 0.25) is 0 Å². The van der Waals surface area contributed by atoms with Gasteiger partial charge in [-0.2, -0.15) is 0 Å². The number of hydrogen-bond acceptors (Lipinski definition) is 6. The minimum atomic E-state index is 0.113. The average molecular weight is 412 g/mol. The molecule has 1 aliphatic rings. The van der Waals surface area contributed by atoms with E-state index in [9.17, 15) is 0 Å². The second-order valence-electron chi connectivity index (χ2n) is 7.13. The molecule has 0 saturated carbocycles. The summed E-state index contributed by atoms with van der Waals surface area (Å²) in [4.78, 5) is 7.56. The third kappa shape index (κ3) is 4.55. The van der Waals surface area contributed by atoms with Gasteiger partial charge in [-0.05, 0) is 56.6 Å². The van der Waals surface area contributed by atoms with Crippen LogP contribution in [0, 0.1) is 0 Å². The van der Waals surface area contributed by atoms with E-state index in [1.165, 1.54) is 10.3 Å². The van der Waals surface area contributed by atoms with Crippen LogP contribution in [0.15, 0.2) is 42.5 Å². The van der Waals surface area contributed by atoms with Gasteiger partial charge in [0, 0.05) is 19.6 Å². The van der Waals surface area contributed by atoms with Gasteiger partial charge in [-0.25, -0.2) is 4.98 Å². The van der Waals surface area contributed by atoms with Crippen molar-refractivity contribution in [3.8, 4) is 11.5 Å². The van der Waals surface area contributed by atoms with Crippen LogP contribution in [0.25, 0.3) is 10.2 Å². The predicted octanol–water partition coefficient (Wildman–Crippen LogP) is 4.48. The molecule has 2 aromatic carbocycles. The minimum Gasteiger partial charge on any atom is -0.490 e. The number of nitrogens with zero attached hydrogens (tertiary/aromatic N) is 2. The Balaban J connectivity index is 1.78. The maximum atomic E-state index is 5.91. The van der Waals surface area contributed by atoms with E-state index in [1.807, 2.05) is 19.9 Å². The van der Waals surface area contributed by atoms with Gasteiger partial charge < -0.3 is 14.8 Å². The average Bonchev–Trinajstić information content (AvgIpc) is 2.97. The van der Waals surface area contributed by atoms with Crippen LogP contribution in [0.5, 0.6) is 11.5 Å². The molecular formula is C23H29N3O2S. The number of rotatable bonds is 7. The lowest BCUT2D eigenvalue weighted by molar-refractivity contribution is 0.239. The summed E-state index contributed by atoms with van der Waals surface area (Å²) in [6, 6.07) is 14.9. The highest BCUT2D eigenvalue weighted by Crippen LogP contribution is 2.38. The van der Waals surface area contributed by atoms with Crippen molar-refractivity contribution in [2.24, 2.45) is 0 Å². The van der Waals surface area contributed by atoms with Crippen molar-refractivity contribution in [2.45, 2.75) is 26.3 Å². The van der Waals surface area contributed by atoms with Crippen molar-refractivity contribution < 1.29 is 9.47 Å². The number of thiazole rings is 1. The molecule has 0 aliphatic carbocycles. The van der Waals surface area contributed by atoms with Gasteiger partial charge in [0.2, 0.25) is 0 Å². The molecule has 2 heterocycles. The van der Waals surface area contributed by atoms with Gasteiger partial charge >= 0.3 is 0 Å². The molecule has 0 bridgehead atoms. The first-order chi connectivity index (χ1) is 14.3. The molecule has 1 aliphatic heterocycles. The summed E-state index contributed by atoms with van der Waals surface area (Å²) in [5.74, 6) is 1.62. The molecule has 154 valence electrons. The molecule has 5 nitrogen and oxygen atoms in total. The van der Waals surface area contributed by atoms with Crippen molar-refractivity contribution in [2.75, 3.05) is 39.4 Å². The number of fused-ring (bicyclic) bond motifs is 1. The fourth-order valence-electron chi connectivity index (χ4n) is 3.88. The standard InChI is InChI=1S/C23H29N3O2S/c1-3-27-19-11-10-17(16-20(19)28-4-2)22(26-14-7-12-24-13-15-26)23-25-18-8-5-6-9-21(18)29-23/h5-6,8-11,16,22,24H,3-4,7,12-15H2,1-2H3. The number of benzene rings is 2. The molecule has 6 heteroatoms. The van der Waals surface area contributed by atoms with E-state index in [4.69, 9.17) is 14.5 Å². The smallest absolute Gasteiger partial charge is 0.161 e. The van der Waals surface area contributed by atoms with Gasteiger partial charge in [0.1, 0.15) is 5.01 Å². The second-order valence-corrected chi connectivity index (χ2v) is 8.20. The van der Waals surface area contributed by atoms with E-state index in [1.54, 1.807) is 11.3 Å². The summed E-state index contributed by atoms with van der Waals surface area (Å²) in [5.41, 5.74) is 2.28. The van der Waals surface area contributed by atoms with Crippen LogP contribution in [-0.4, -0.2) is 49.3 Å². The molecule has 29 heavy (non-hydrogen) atoms. The molecule has 0 spiro atoms. The zero-order chi connectivity index (χ0) is 20.1. The number of hydrogen-bond donors (Lipinski definition) is 1. The first kappa shape index (κ1) is 20.1. The Labute approximate surface area is 176 Å². The number of aromatic nitrogens is 1. The minimum absolute atomic E-state index is 0.113. The quantitative estimate of drug-likeness (QED) is 0.621. The zero-order valence-electron chi connectivity index (χ0n) is 17.2. The van der Waals surface area contributed by atoms with Crippen molar-refractivity contribution in [3.05, 3.63) is 53.0 Å². The van der Waals surface area contributed by atoms with Crippen molar-refractivity contribution in [3.63, 3.8) is 0 Å². The van der Waals surface area contributed by atoms with Crippen LogP contribution in [-0.2, 0) is 0 Å². The largest absolute Gasteiger partial charge is 0.490 e. The first-order valence-corrected chi connectivity index (χ1v) is 11.3. The van der Waals surface area contributed by atoms with Gasteiger partial charge in [-0.15, -0.1) is 11.3 Å². The van der Waals surface area contributed by atoms with E-state index >= 15 is 0 Å². The Morgan fingerprint density at radius 2 is 1.86 bits per heavy atom. The van der Waals surface area contributed by atoms with Crippen LogP contribution in [0.4, 0.5) is 0 Å². The summed E-state index contributed by atoms with van der Waals surface area (Å²) in [6.07, 6.45) is 1.14. The van der Waals surface area contributed by atoms with E-state index in [0.29, 0.717) is 13.2 Å². The Morgan fingerprint density at radius 1 is 1.03 bits per heavy atom. The molecule has 1 fully saturated rings. The van der Waals surface area contributed by atoms with Crippen molar-refractivity contribution >= 4 is 21.6 Å². The van der Waals surface area contributed by atoms with Gasteiger partial charge in [-0.1, -0.05) is 18.2 Å². The molecule has 1 atom stereocenters. The molecule has 0 amide bonds. The van der Waals surface area contributed by atoms with Crippen LogP contribution >= 0.6 is 11.3 Å². The monoisotopic (exact) mass is 411 g/mol. The molecule has 0 radical (unpaired) electrons. The Kier molecular flexibility index (Phi) is 6.64. The van der Waals surface area contributed by atoms with Gasteiger partial charge in [-0.3, -0.25) is 4.90 Å². The molecule has 1 unspecified atom stereocenters. The number of nitrogens with one attached hydrogen (secondary N) is 1. The highest BCUT2D eigenvalue weighted by Gasteiger charge is 2.27. The molecule has 4 rings (SSSR count). The Hall–Kier alpha value is -2.15. The van der Waals surface area contributed by atoms with Gasteiger partial charge in [0.05, 0.1) is 29.5 Å². The van der Waals surface area contributed by atoms with Crippen molar-refractivity contribution in [1.29, 1.82) is 0 Å². The number of ether oxygens (including phenoxy) is 2. The summed E-state index contributed by atoms with van der Waals surface area (Å²) in [7, 11) is 0. The topological polar surface area (TPSA) is 46.6 Å². The molecule has 1 saturated heterocycles. The molecule has 1 N–H and O–H groups in total. The second kappa shape index (κ2) is 9.57. The lowest BCUT2D eigenvalue weighted by Crippen LogP contribution is -2.33. The lowest BCUT2D eigenvalue weighted by atomic mass is 10.0. The van der Waals surface area contributed by atoms with E-state index in [2.05, 4.69) is 46.6 Å². The SMILES string of the molecule is CCOc1ccc(C(c2nc3ccccc3s2)N2CCCNCC2)cc1OCC. The van der Waals surface area contributed by atoms with E-state index in [0.717, 1.165) is 54.6 Å². The fraction of sp³-hybridized carbons (Fsp3) is 0.435. The van der Waals surface area contributed by atoms with E-state index in [-0.39, 0.29) is 6.04 Å². The normalized spacial score (nSPS) is 16.5. The predicted molar refractivity (Wildman–Crippen MR) is 119 cm³/mol.